The summed E-state index contributed by atoms with van der Waals surface area (Å²) in [4.78, 5) is 14.5. The van der Waals surface area contributed by atoms with Gasteiger partial charge in [0.15, 0.2) is 0 Å². The summed E-state index contributed by atoms with van der Waals surface area (Å²) in [6.07, 6.45) is 8.42. The van der Waals surface area contributed by atoms with Crippen LogP contribution in [0.2, 0.25) is 0 Å². The van der Waals surface area contributed by atoms with Crippen molar-refractivity contribution in [3.05, 3.63) is 0 Å². The molecule has 8 atom stereocenters. The first kappa shape index (κ1) is 19.7. The van der Waals surface area contributed by atoms with E-state index in [1.807, 2.05) is 7.11 Å². The number of amides is 1. The van der Waals surface area contributed by atoms with Crippen LogP contribution in [-0.4, -0.2) is 36.6 Å². The Balaban J connectivity index is 1.67. The second-order valence-corrected chi connectivity index (χ2v) is 11.5. The number of hydrogen-bond donors (Lipinski definition) is 0. The molecule has 1 amide bonds. The molecule has 3 nitrogen and oxygen atoms in total. The average molecular weight is 376 g/mol. The lowest BCUT2D eigenvalue weighted by Crippen LogP contribution is -2.63. The van der Waals surface area contributed by atoms with E-state index in [0.717, 1.165) is 36.5 Å². The molecule has 1 saturated heterocycles. The highest BCUT2D eigenvalue weighted by Crippen LogP contribution is 2.68. The van der Waals surface area contributed by atoms with Gasteiger partial charge in [0.1, 0.15) is 0 Å². The van der Waals surface area contributed by atoms with Crippen molar-refractivity contribution in [2.45, 2.75) is 91.2 Å². The number of ether oxygens (including phenoxy) is 1. The maximum absolute atomic E-state index is 12.4. The summed E-state index contributed by atoms with van der Waals surface area (Å²) in [6.45, 7) is 12.2. The lowest BCUT2D eigenvalue weighted by Gasteiger charge is -2.64. The minimum absolute atomic E-state index is 0.0296. The zero-order valence-corrected chi connectivity index (χ0v) is 18.7. The van der Waals surface area contributed by atoms with E-state index in [9.17, 15) is 4.79 Å². The quantitative estimate of drug-likeness (QED) is 0.669. The minimum Gasteiger partial charge on any atom is -0.379 e. The van der Waals surface area contributed by atoms with Crippen molar-refractivity contribution in [2.24, 2.45) is 40.4 Å². The highest BCUT2D eigenvalue weighted by molar-refractivity contribution is 5.77. The molecule has 1 aliphatic heterocycles. The van der Waals surface area contributed by atoms with Crippen LogP contribution in [0.4, 0.5) is 0 Å². The van der Waals surface area contributed by atoms with Gasteiger partial charge in [-0.05, 0) is 92.8 Å². The van der Waals surface area contributed by atoms with Gasteiger partial charge in [-0.25, -0.2) is 0 Å². The Morgan fingerprint density at radius 2 is 1.74 bits per heavy atom. The van der Waals surface area contributed by atoms with E-state index in [4.69, 9.17) is 4.74 Å². The average Bonchev–Trinajstić information content (AvgIpc) is 2.98. The molecule has 0 aromatic rings. The summed E-state index contributed by atoms with van der Waals surface area (Å²) in [5, 5.41) is 0. The molecule has 0 aromatic carbocycles. The Bertz CT molecular complexity index is 616. The van der Waals surface area contributed by atoms with E-state index in [0.29, 0.717) is 28.7 Å². The molecule has 0 bridgehead atoms. The Morgan fingerprint density at radius 3 is 2.41 bits per heavy atom. The predicted octanol–water partition coefficient (Wildman–Crippen LogP) is 5.14. The summed E-state index contributed by atoms with van der Waals surface area (Å²) < 4.78 is 5.99. The van der Waals surface area contributed by atoms with Crippen molar-refractivity contribution in [1.29, 1.82) is 0 Å². The number of rotatable bonds is 2. The number of carbonyl (C=O) groups is 1. The first-order chi connectivity index (χ1) is 12.6. The maximum atomic E-state index is 12.4. The molecular formula is C24H41NO2. The van der Waals surface area contributed by atoms with Crippen LogP contribution in [-0.2, 0) is 9.53 Å². The molecule has 4 fully saturated rings. The van der Waals surface area contributed by atoms with Gasteiger partial charge in [-0.3, -0.25) is 4.79 Å². The molecule has 0 radical (unpaired) electrons. The fraction of sp³-hybridized carbons (Fsp3) is 0.958. The second kappa shape index (κ2) is 6.21. The van der Waals surface area contributed by atoms with E-state index in [2.05, 4.69) is 46.6 Å². The maximum Gasteiger partial charge on any atom is 0.222 e. The van der Waals surface area contributed by atoms with Gasteiger partial charge in [0.2, 0.25) is 5.91 Å². The van der Waals surface area contributed by atoms with Crippen LogP contribution in [0, 0.1) is 40.4 Å². The van der Waals surface area contributed by atoms with Crippen LogP contribution in [0.5, 0.6) is 0 Å². The van der Waals surface area contributed by atoms with Crippen LogP contribution in [0.25, 0.3) is 0 Å². The Labute approximate surface area is 166 Å². The molecular weight excluding hydrogens is 334 g/mol. The monoisotopic (exact) mass is 375 g/mol. The van der Waals surface area contributed by atoms with Gasteiger partial charge >= 0.3 is 0 Å². The highest BCUT2D eigenvalue weighted by Gasteiger charge is 2.64. The Hall–Kier alpha value is -0.570. The van der Waals surface area contributed by atoms with E-state index in [1.165, 1.54) is 32.1 Å². The molecule has 154 valence electrons. The van der Waals surface area contributed by atoms with Crippen molar-refractivity contribution in [2.75, 3.05) is 14.2 Å². The molecule has 3 saturated carbocycles. The van der Waals surface area contributed by atoms with Crippen molar-refractivity contribution < 1.29 is 9.53 Å². The van der Waals surface area contributed by atoms with Crippen LogP contribution >= 0.6 is 0 Å². The van der Waals surface area contributed by atoms with E-state index in [-0.39, 0.29) is 5.60 Å². The van der Waals surface area contributed by atoms with Gasteiger partial charge < -0.3 is 9.64 Å². The largest absolute Gasteiger partial charge is 0.379 e. The molecule has 0 aromatic heterocycles. The van der Waals surface area contributed by atoms with Crippen molar-refractivity contribution >= 4 is 5.91 Å². The topological polar surface area (TPSA) is 29.5 Å². The smallest absolute Gasteiger partial charge is 0.222 e. The van der Waals surface area contributed by atoms with E-state index < -0.39 is 0 Å². The Morgan fingerprint density at radius 1 is 1.07 bits per heavy atom. The standard InChI is InChI=1S/C24H41NO2/c1-15-14-19-24(5,13-11-20(26)25(19)6)17-10-12-23(4)16(21(15)17)8-9-18(23)22(2,3)27-7/h15-19,21H,8-14H2,1-7H3/t15-,16-,17-,18+,19+,21-,23-,24+/m0/s1. The van der Waals surface area contributed by atoms with Gasteiger partial charge in [0, 0.05) is 26.6 Å². The molecule has 3 aliphatic carbocycles. The van der Waals surface area contributed by atoms with Crippen LogP contribution in [0.15, 0.2) is 0 Å². The molecule has 1 heterocycles. The van der Waals surface area contributed by atoms with Crippen molar-refractivity contribution in [1.82, 2.24) is 4.90 Å². The summed E-state index contributed by atoms with van der Waals surface area (Å²) >= 11 is 0. The van der Waals surface area contributed by atoms with Crippen LogP contribution < -0.4 is 0 Å². The van der Waals surface area contributed by atoms with Crippen molar-refractivity contribution in [3.8, 4) is 0 Å². The van der Waals surface area contributed by atoms with Gasteiger partial charge in [-0.15, -0.1) is 0 Å². The fourth-order valence-corrected chi connectivity index (χ4v) is 8.75. The fourth-order valence-electron chi connectivity index (χ4n) is 8.75. The normalized spacial score (nSPS) is 50.2. The van der Waals surface area contributed by atoms with Gasteiger partial charge in [-0.2, -0.15) is 0 Å². The van der Waals surface area contributed by atoms with E-state index in [1.54, 1.807) is 0 Å². The van der Waals surface area contributed by atoms with Gasteiger partial charge in [0.05, 0.1) is 5.60 Å². The molecule has 0 N–H and O–H groups in total. The third kappa shape index (κ3) is 2.59. The molecule has 0 spiro atoms. The lowest BCUT2D eigenvalue weighted by molar-refractivity contribution is -0.172. The molecule has 4 aliphatic rings. The number of hydrogen-bond acceptors (Lipinski definition) is 2. The summed E-state index contributed by atoms with van der Waals surface area (Å²) in [5.74, 6) is 4.18. The third-order valence-electron chi connectivity index (χ3n) is 10.3. The summed E-state index contributed by atoms with van der Waals surface area (Å²) in [6, 6.07) is 0.451. The highest BCUT2D eigenvalue weighted by atomic mass is 16.5. The molecule has 27 heavy (non-hydrogen) atoms. The second-order valence-electron chi connectivity index (χ2n) is 11.5. The van der Waals surface area contributed by atoms with E-state index >= 15 is 0 Å². The first-order valence-corrected chi connectivity index (χ1v) is 11.4. The summed E-state index contributed by atoms with van der Waals surface area (Å²) in [7, 11) is 3.96. The lowest BCUT2D eigenvalue weighted by atomic mass is 9.44. The molecule has 4 rings (SSSR count). The SMILES string of the molecule is COC(C)(C)[C@H]1CC[C@H]2[C@@H]3[C@@H](C)C[C@H]4N(C)C(=O)CC[C@]4(C)[C@H]3CC[C@]12C. The number of nitrogens with zero attached hydrogens (tertiary/aromatic N) is 1. The third-order valence-corrected chi connectivity index (χ3v) is 10.3. The minimum atomic E-state index is -0.0296. The number of fused-ring (bicyclic) bond motifs is 5. The first-order valence-electron chi connectivity index (χ1n) is 11.4. The van der Waals surface area contributed by atoms with Gasteiger partial charge in [-0.1, -0.05) is 20.8 Å². The predicted molar refractivity (Wildman–Crippen MR) is 109 cm³/mol. The number of piperidine rings is 1. The van der Waals surface area contributed by atoms with Crippen LogP contribution in [0.1, 0.15) is 79.6 Å². The zero-order valence-electron chi connectivity index (χ0n) is 18.7. The van der Waals surface area contributed by atoms with Crippen LogP contribution in [0.3, 0.4) is 0 Å². The molecule has 0 unspecified atom stereocenters. The number of likely N-dealkylation sites (tertiary alicyclic amines) is 1. The Kier molecular flexibility index (Phi) is 4.54. The van der Waals surface area contributed by atoms with Crippen molar-refractivity contribution in [3.63, 3.8) is 0 Å². The number of carbonyl (C=O) groups excluding carboxylic acids is 1. The molecule has 3 heteroatoms. The van der Waals surface area contributed by atoms with Gasteiger partial charge in [0.25, 0.3) is 0 Å². The number of methoxy groups -OCH3 is 1. The summed E-state index contributed by atoms with van der Waals surface area (Å²) in [5.41, 5.74) is 0.697. The zero-order chi connectivity index (χ0) is 19.8.